The molecule has 0 aliphatic carbocycles. The molecule has 2 fully saturated rings. The summed E-state index contributed by atoms with van der Waals surface area (Å²) in [6.45, 7) is 2.10. The largest absolute Gasteiger partial charge is 0.496 e. The van der Waals surface area contributed by atoms with E-state index in [1.165, 1.54) is 19.2 Å². The van der Waals surface area contributed by atoms with Crippen LogP contribution in [0.4, 0.5) is 0 Å². The van der Waals surface area contributed by atoms with Crippen molar-refractivity contribution in [1.29, 1.82) is 0 Å². The van der Waals surface area contributed by atoms with Gasteiger partial charge in [-0.05, 0) is 56.0 Å². The number of piperidine rings is 1. The summed E-state index contributed by atoms with van der Waals surface area (Å²) in [6.07, 6.45) is 5.25. The van der Waals surface area contributed by atoms with Crippen molar-refractivity contribution < 1.29 is 22.4 Å². The summed E-state index contributed by atoms with van der Waals surface area (Å²) in [5.41, 5.74) is 1.89. The number of carbonyl (C=O) groups is 1. The Labute approximate surface area is 205 Å². The number of fused-ring (bicyclic) bond motifs is 1. The number of ether oxygens (including phenoxy) is 1. The van der Waals surface area contributed by atoms with Crippen molar-refractivity contribution in [3.63, 3.8) is 0 Å². The van der Waals surface area contributed by atoms with E-state index in [0.29, 0.717) is 37.8 Å². The van der Waals surface area contributed by atoms with Crippen LogP contribution in [0.2, 0.25) is 0 Å². The molecule has 0 atom stereocenters. The van der Waals surface area contributed by atoms with Gasteiger partial charge in [-0.1, -0.05) is 25.0 Å². The molecular formula is C26H31N3O5S. The monoisotopic (exact) mass is 497 g/mol. The van der Waals surface area contributed by atoms with E-state index < -0.39 is 10.0 Å². The SMILES string of the molecule is COc1ccc(S(=O)(=O)N2CCCCCC2)cc1C(=O)N1CCC(c2nc3ccccc3o2)CC1. The van der Waals surface area contributed by atoms with Crippen LogP contribution in [-0.4, -0.2) is 61.8 Å². The first kappa shape index (κ1) is 23.8. The van der Waals surface area contributed by atoms with Gasteiger partial charge in [0.1, 0.15) is 11.3 Å². The highest BCUT2D eigenvalue weighted by Crippen LogP contribution is 2.32. The summed E-state index contributed by atoms with van der Waals surface area (Å²) >= 11 is 0. The molecule has 2 aliphatic heterocycles. The lowest BCUT2D eigenvalue weighted by Crippen LogP contribution is -2.38. The number of likely N-dealkylation sites (tertiary alicyclic amines) is 1. The third kappa shape index (κ3) is 4.79. The second kappa shape index (κ2) is 9.99. The summed E-state index contributed by atoms with van der Waals surface area (Å²) in [5.74, 6) is 1.01. The minimum absolute atomic E-state index is 0.142. The van der Waals surface area contributed by atoms with E-state index in [1.54, 1.807) is 15.3 Å². The van der Waals surface area contributed by atoms with E-state index in [4.69, 9.17) is 9.15 Å². The van der Waals surface area contributed by atoms with Crippen LogP contribution < -0.4 is 4.74 Å². The number of aromatic nitrogens is 1. The lowest BCUT2D eigenvalue weighted by Gasteiger charge is -2.31. The number of amides is 1. The van der Waals surface area contributed by atoms with Crippen molar-refractivity contribution >= 4 is 27.0 Å². The minimum atomic E-state index is -3.67. The summed E-state index contributed by atoms with van der Waals surface area (Å²) in [7, 11) is -2.17. The number of oxazole rings is 1. The molecule has 0 spiro atoms. The van der Waals surface area contributed by atoms with Crippen LogP contribution in [0.15, 0.2) is 51.8 Å². The Morgan fingerprint density at radius 3 is 2.40 bits per heavy atom. The standard InChI is InChI=1S/C26H31N3O5S/c1-33-23-11-10-20(35(31,32)29-14-6-2-3-7-15-29)18-21(23)26(30)28-16-12-19(13-17-28)25-27-22-8-4-5-9-24(22)34-25/h4-5,8-11,18-19H,2-3,6-7,12-17H2,1H3. The molecule has 3 heterocycles. The van der Waals surface area contributed by atoms with Gasteiger partial charge in [0, 0.05) is 32.1 Å². The van der Waals surface area contributed by atoms with Gasteiger partial charge < -0.3 is 14.1 Å². The molecule has 2 saturated heterocycles. The molecule has 0 radical (unpaired) electrons. The normalized spacial score (nSPS) is 18.5. The van der Waals surface area contributed by atoms with Crippen LogP contribution in [-0.2, 0) is 10.0 Å². The van der Waals surface area contributed by atoms with Crippen molar-refractivity contribution in [1.82, 2.24) is 14.2 Å². The van der Waals surface area contributed by atoms with Crippen LogP contribution in [0, 0.1) is 0 Å². The Balaban J connectivity index is 1.33. The highest BCUT2D eigenvalue weighted by atomic mass is 32.2. The number of para-hydroxylation sites is 2. The molecule has 0 bridgehead atoms. The van der Waals surface area contributed by atoms with Crippen molar-refractivity contribution in [3.05, 3.63) is 53.9 Å². The van der Waals surface area contributed by atoms with E-state index >= 15 is 0 Å². The molecule has 0 N–H and O–H groups in total. The molecule has 0 unspecified atom stereocenters. The highest BCUT2D eigenvalue weighted by Gasteiger charge is 2.31. The molecule has 0 saturated carbocycles. The summed E-state index contributed by atoms with van der Waals surface area (Å²) in [6, 6.07) is 12.3. The third-order valence-electron chi connectivity index (χ3n) is 7.05. The average Bonchev–Trinajstić information content (AvgIpc) is 3.13. The van der Waals surface area contributed by atoms with Gasteiger partial charge in [-0.2, -0.15) is 4.31 Å². The van der Waals surface area contributed by atoms with Gasteiger partial charge in [0.25, 0.3) is 5.91 Å². The Bertz CT molecular complexity index is 1270. The first-order chi connectivity index (χ1) is 17.0. The number of hydrogen-bond donors (Lipinski definition) is 0. The smallest absolute Gasteiger partial charge is 0.257 e. The van der Waals surface area contributed by atoms with Crippen LogP contribution >= 0.6 is 0 Å². The molecule has 1 amide bonds. The second-order valence-electron chi connectivity index (χ2n) is 9.27. The predicted molar refractivity (Wildman–Crippen MR) is 132 cm³/mol. The number of benzene rings is 2. The fourth-order valence-corrected chi connectivity index (χ4v) is 6.55. The maximum absolute atomic E-state index is 13.5. The topological polar surface area (TPSA) is 93.0 Å². The van der Waals surface area contributed by atoms with Crippen molar-refractivity contribution in [2.24, 2.45) is 0 Å². The van der Waals surface area contributed by atoms with Gasteiger partial charge in [0.15, 0.2) is 11.5 Å². The number of sulfonamides is 1. The van der Waals surface area contributed by atoms with Gasteiger partial charge in [0.05, 0.1) is 17.6 Å². The Hall–Kier alpha value is -2.91. The zero-order chi connectivity index (χ0) is 24.4. The van der Waals surface area contributed by atoms with Crippen molar-refractivity contribution in [2.75, 3.05) is 33.3 Å². The van der Waals surface area contributed by atoms with E-state index in [2.05, 4.69) is 4.98 Å². The first-order valence-electron chi connectivity index (χ1n) is 12.3. The summed E-state index contributed by atoms with van der Waals surface area (Å²) in [4.78, 5) is 20.0. The van der Waals surface area contributed by atoms with Gasteiger partial charge >= 0.3 is 0 Å². The zero-order valence-corrected chi connectivity index (χ0v) is 20.8. The summed E-state index contributed by atoms with van der Waals surface area (Å²) in [5, 5.41) is 0. The number of hydrogen-bond acceptors (Lipinski definition) is 6. The van der Waals surface area contributed by atoms with Gasteiger partial charge in [-0.3, -0.25) is 4.79 Å². The van der Waals surface area contributed by atoms with Gasteiger partial charge in [0.2, 0.25) is 10.0 Å². The molecule has 35 heavy (non-hydrogen) atoms. The van der Waals surface area contributed by atoms with Gasteiger partial charge in [-0.25, -0.2) is 13.4 Å². The number of rotatable bonds is 5. The maximum atomic E-state index is 13.5. The molecule has 5 rings (SSSR count). The van der Waals surface area contributed by atoms with Crippen LogP contribution in [0.3, 0.4) is 0 Å². The van der Waals surface area contributed by atoms with E-state index in [9.17, 15) is 13.2 Å². The molecule has 3 aromatic rings. The van der Waals surface area contributed by atoms with Crippen LogP contribution in [0.25, 0.3) is 11.1 Å². The van der Waals surface area contributed by atoms with E-state index in [-0.39, 0.29) is 22.3 Å². The quantitative estimate of drug-likeness (QED) is 0.518. The number of carbonyl (C=O) groups excluding carboxylic acids is 1. The van der Waals surface area contributed by atoms with Crippen LogP contribution in [0.5, 0.6) is 5.75 Å². The predicted octanol–water partition coefficient (Wildman–Crippen LogP) is 4.42. The maximum Gasteiger partial charge on any atom is 0.257 e. The lowest BCUT2D eigenvalue weighted by atomic mass is 9.96. The average molecular weight is 498 g/mol. The molecular weight excluding hydrogens is 466 g/mol. The fraction of sp³-hybridized carbons (Fsp3) is 0.462. The second-order valence-corrected chi connectivity index (χ2v) is 11.2. The fourth-order valence-electron chi connectivity index (χ4n) is 5.01. The Morgan fingerprint density at radius 1 is 1.00 bits per heavy atom. The molecule has 9 heteroatoms. The number of nitrogens with zero attached hydrogens (tertiary/aromatic N) is 3. The summed E-state index contributed by atoms with van der Waals surface area (Å²) < 4.78 is 39.5. The van der Waals surface area contributed by atoms with E-state index in [0.717, 1.165) is 49.6 Å². The molecule has 2 aromatic carbocycles. The number of methoxy groups -OCH3 is 1. The van der Waals surface area contributed by atoms with Crippen molar-refractivity contribution in [2.45, 2.75) is 49.3 Å². The van der Waals surface area contributed by atoms with Crippen LogP contribution in [0.1, 0.15) is 60.7 Å². The Morgan fingerprint density at radius 2 is 1.71 bits per heavy atom. The highest BCUT2D eigenvalue weighted by molar-refractivity contribution is 7.89. The Kier molecular flexibility index (Phi) is 6.80. The molecule has 8 nitrogen and oxygen atoms in total. The van der Waals surface area contributed by atoms with Gasteiger partial charge in [-0.15, -0.1) is 0 Å². The first-order valence-corrected chi connectivity index (χ1v) is 13.7. The minimum Gasteiger partial charge on any atom is -0.496 e. The molecule has 186 valence electrons. The third-order valence-corrected chi connectivity index (χ3v) is 8.94. The molecule has 1 aromatic heterocycles. The van der Waals surface area contributed by atoms with E-state index in [1.807, 2.05) is 24.3 Å². The lowest BCUT2D eigenvalue weighted by molar-refractivity contribution is 0.0703. The molecule has 2 aliphatic rings. The zero-order valence-electron chi connectivity index (χ0n) is 20.0. The van der Waals surface area contributed by atoms with Crippen molar-refractivity contribution in [3.8, 4) is 5.75 Å².